The summed E-state index contributed by atoms with van der Waals surface area (Å²) in [6.07, 6.45) is 0. The molecule has 0 fully saturated rings. The van der Waals surface area contributed by atoms with Crippen molar-refractivity contribution >= 4 is 21.6 Å². The molecule has 124 valence electrons. The van der Waals surface area contributed by atoms with Gasteiger partial charge in [-0.2, -0.15) is 5.10 Å². The van der Waals surface area contributed by atoms with Crippen LogP contribution in [0.5, 0.6) is 5.75 Å². The van der Waals surface area contributed by atoms with E-state index in [9.17, 15) is 4.79 Å². The first-order chi connectivity index (χ1) is 11.6. The van der Waals surface area contributed by atoms with Crippen molar-refractivity contribution in [3.05, 3.63) is 74.9 Å². The lowest BCUT2D eigenvalue weighted by atomic mass is 10.2. The molecule has 6 nitrogen and oxygen atoms in total. The number of halogens is 1. The second kappa shape index (κ2) is 7.35. The third-order valence-electron chi connectivity index (χ3n) is 3.50. The summed E-state index contributed by atoms with van der Waals surface area (Å²) < 4.78 is 7.61. The van der Waals surface area contributed by atoms with E-state index >= 15 is 0 Å². The topological polar surface area (TPSA) is 71.9 Å². The van der Waals surface area contributed by atoms with Crippen molar-refractivity contribution in [3.8, 4) is 5.75 Å². The molecule has 0 aliphatic heterocycles. The lowest BCUT2D eigenvalue weighted by Crippen LogP contribution is -2.18. The van der Waals surface area contributed by atoms with Crippen molar-refractivity contribution < 1.29 is 4.74 Å². The Morgan fingerprint density at radius 3 is 2.79 bits per heavy atom. The van der Waals surface area contributed by atoms with Crippen molar-refractivity contribution in [1.29, 1.82) is 0 Å². The zero-order valence-corrected chi connectivity index (χ0v) is 14.7. The van der Waals surface area contributed by atoms with Gasteiger partial charge in [-0.15, -0.1) is 0 Å². The molecule has 0 atom stereocenters. The van der Waals surface area contributed by atoms with Crippen LogP contribution in [0.4, 0.5) is 5.69 Å². The lowest BCUT2D eigenvalue weighted by molar-refractivity contribution is 0.415. The SMILES string of the molecule is COc1cccc(NCc2nn(Cc3ccc(Br)cc3)c(=O)[nH]2)c1. The summed E-state index contributed by atoms with van der Waals surface area (Å²) in [5, 5.41) is 7.54. The molecule has 0 bridgehead atoms. The normalized spacial score (nSPS) is 10.6. The molecule has 3 aromatic rings. The van der Waals surface area contributed by atoms with Crippen LogP contribution in [0.15, 0.2) is 57.8 Å². The second-order valence-electron chi connectivity index (χ2n) is 5.25. The van der Waals surface area contributed by atoms with Gasteiger partial charge in [-0.1, -0.05) is 34.1 Å². The molecule has 0 spiro atoms. The fourth-order valence-corrected chi connectivity index (χ4v) is 2.54. The van der Waals surface area contributed by atoms with Crippen molar-refractivity contribution in [3.63, 3.8) is 0 Å². The van der Waals surface area contributed by atoms with Gasteiger partial charge in [0, 0.05) is 16.2 Å². The summed E-state index contributed by atoms with van der Waals surface area (Å²) in [5.74, 6) is 1.36. The Kier molecular flexibility index (Phi) is 5.00. The number of hydrogen-bond donors (Lipinski definition) is 2. The van der Waals surface area contributed by atoms with Gasteiger partial charge in [0.25, 0.3) is 0 Å². The molecule has 1 heterocycles. The van der Waals surface area contributed by atoms with Gasteiger partial charge < -0.3 is 10.1 Å². The quantitative estimate of drug-likeness (QED) is 0.680. The van der Waals surface area contributed by atoms with E-state index in [0.29, 0.717) is 18.9 Å². The number of methoxy groups -OCH3 is 1. The standard InChI is InChI=1S/C17H17BrN4O2/c1-24-15-4-2-3-14(9-15)19-10-16-20-17(23)22(21-16)11-12-5-7-13(18)8-6-12/h2-9,19H,10-11H2,1H3,(H,20,21,23). The van der Waals surface area contributed by atoms with Crippen LogP contribution in [-0.4, -0.2) is 21.9 Å². The minimum absolute atomic E-state index is 0.222. The van der Waals surface area contributed by atoms with E-state index in [-0.39, 0.29) is 5.69 Å². The van der Waals surface area contributed by atoms with Crippen LogP contribution < -0.4 is 15.7 Å². The maximum absolute atomic E-state index is 12.0. The number of nitrogens with zero attached hydrogens (tertiary/aromatic N) is 2. The van der Waals surface area contributed by atoms with Crippen LogP contribution in [0.25, 0.3) is 0 Å². The zero-order valence-electron chi connectivity index (χ0n) is 13.1. The van der Waals surface area contributed by atoms with Gasteiger partial charge in [0.2, 0.25) is 0 Å². The Morgan fingerprint density at radius 2 is 2.04 bits per heavy atom. The van der Waals surface area contributed by atoms with Crippen LogP contribution in [0.2, 0.25) is 0 Å². The Morgan fingerprint density at radius 1 is 1.25 bits per heavy atom. The Hall–Kier alpha value is -2.54. The number of aromatic nitrogens is 3. The first-order valence-corrected chi connectivity index (χ1v) is 8.22. The van der Waals surface area contributed by atoms with E-state index in [0.717, 1.165) is 21.5 Å². The minimum Gasteiger partial charge on any atom is -0.497 e. The van der Waals surface area contributed by atoms with Crippen LogP contribution >= 0.6 is 15.9 Å². The van der Waals surface area contributed by atoms with E-state index in [1.54, 1.807) is 7.11 Å². The molecule has 7 heteroatoms. The molecule has 1 aromatic heterocycles. The molecule has 0 radical (unpaired) electrons. The predicted molar refractivity (Wildman–Crippen MR) is 96.4 cm³/mol. The molecule has 24 heavy (non-hydrogen) atoms. The number of H-pyrrole nitrogens is 1. The number of rotatable bonds is 6. The highest BCUT2D eigenvalue weighted by molar-refractivity contribution is 9.10. The predicted octanol–water partition coefficient (Wildman–Crippen LogP) is 3.00. The summed E-state index contributed by atoms with van der Waals surface area (Å²) in [6.45, 7) is 0.859. The Labute approximate surface area is 147 Å². The average molecular weight is 389 g/mol. The second-order valence-corrected chi connectivity index (χ2v) is 6.16. The average Bonchev–Trinajstić information content (AvgIpc) is 2.95. The highest BCUT2D eigenvalue weighted by Crippen LogP contribution is 2.17. The monoisotopic (exact) mass is 388 g/mol. The highest BCUT2D eigenvalue weighted by atomic mass is 79.9. The van der Waals surface area contributed by atoms with Crippen molar-refractivity contribution in [2.45, 2.75) is 13.1 Å². The summed E-state index contributed by atoms with van der Waals surface area (Å²) >= 11 is 3.39. The minimum atomic E-state index is -0.222. The molecule has 0 aliphatic rings. The van der Waals surface area contributed by atoms with Gasteiger partial charge in [-0.3, -0.25) is 4.98 Å². The van der Waals surface area contributed by atoms with Crippen LogP contribution in [0, 0.1) is 0 Å². The van der Waals surface area contributed by atoms with Crippen LogP contribution in [0.3, 0.4) is 0 Å². The maximum atomic E-state index is 12.0. The number of aromatic amines is 1. The van der Waals surface area contributed by atoms with Gasteiger partial charge >= 0.3 is 5.69 Å². The Bertz CT molecular complexity index is 871. The summed E-state index contributed by atoms with van der Waals surface area (Å²) in [4.78, 5) is 14.8. The van der Waals surface area contributed by atoms with Gasteiger partial charge in [-0.25, -0.2) is 9.48 Å². The fraction of sp³-hybridized carbons (Fsp3) is 0.176. The molecule has 0 amide bonds. The molecule has 3 rings (SSSR count). The summed E-state index contributed by atoms with van der Waals surface area (Å²) in [7, 11) is 1.63. The largest absolute Gasteiger partial charge is 0.497 e. The first kappa shape index (κ1) is 16.3. The molecular weight excluding hydrogens is 372 g/mol. The van der Waals surface area contributed by atoms with Gasteiger partial charge in [-0.05, 0) is 29.8 Å². The maximum Gasteiger partial charge on any atom is 0.343 e. The molecule has 2 aromatic carbocycles. The summed E-state index contributed by atoms with van der Waals surface area (Å²) in [6, 6.07) is 15.4. The van der Waals surface area contributed by atoms with Gasteiger partial charge in [0.05, 0.1) is 20.2 Å². The van der Waals surface area contributed by atoms with Crippen molar-refractivity contribution in [2.24, 2.45) is 0 Å². The number of benzene rings is 2. The Balaban J connectivity index is 1.67. The smallest absolute Gasteiger partial charge is 0.343 e. The molecule has 0 saturated heterocycles. The number of hydrogen-bond acceptors (Lipinski definition) is 4. The highest BCUT2D eigenvalue weighted by Gasteiger charge is 2.06. The van der Waals surface area contributed by atoms with E-state index < -0.39 is 0 Å². The first-order valence-electron chi connectivity index (χ1n) is 7.42. The fourth-order valence-electron chi connectivity index (χ4n) is 2.27. The summed E-state index contributed by atoms with van der Waals surface area (Å²) in [5.41, 5.74) is 1.69. The van der Waals surface area contributed by atoms with E-state index in [2.05, 4.69) is 31.3 Å². The zero-order chi connectivity index (χ0) is 16.9. The van der Waals surface area contributed by atoms with Gasteiger partial charge in [0.15, 0.2) is 0 Å². The van der Waals surface area contributed by atoms with Gasteiger partial charge in [0.1, 0.15) is 11.6 Å². The third-order valence-corrected chi connectivity index (χ3v) is 4.03. The van der Waals surface area contributed by atoms with Crippen molar-refractivity contribution in [1.82, 2.24) is 14.8 Å². The molecule has 0 unspecified atom stereocenters. The molecule has 2 N–H and O–H groups in total. The van der Waals surface area contributed by atoms with Crippen LogP contribution in [0.1, 0.15) is 11.4 Å². The van der Waals surface area contributed by atoms with E-state index in [1.807, 2.05) is 48.5 Å². The molecular formula is C17H17BrN4O2. The van der Waals surface area contributed by atoms with E-state index in [4.69, 9.17) is 4.74 Å². The number of nitrogens with one attached hydrogen (secondary N) is 2. The van der Waals surface area contributed by atoms with E-state index in [1.165, 1.54) is 4.68 Å². The molecule has 0 aliphatic carbocycles. The number of ether oxygens (including phenoxy) is 1. The van der Waals surface area contributed by atoms with Crippen molar-refractivity contribution in [2.75, 3.05) is 12.4 Å². The molecule has 0 saturated carbocycles. The third kappa shape index (κ3) is 4.05. The number of anilines is 1. The lowest BCUT2D eigenvalue weighted by Gasteiger charge is -2.06. The van der Waals surface area contributed by atoms with Crippen LogP contribution in [-0.2, 0) is 13.1 Å².